The monoisotopic (exact) mass is 693 g/mol. The van der Waals surface area contributed by atoms with Gasteiger partial charge in [0.2, 0.25) is 0 Å². The number of amidine groups is 1. The molecule has 0 saturated carbocycles. The average Bonchev–Trinajstić information content (AvgIpc) is 3.55. The van der Waals surface area contributed by atoms with Gasteiger partial charge in [0.15, 0.2) is 11.6 Å². The molecule has 1 aliphatic rings. The van der Waals surface area contributed by atoms with Crippen LogP contribution in [0.5, 0.6) is 0 Å². The van der Waals surface area contributed by atoms with E-state index in [1.807, 2.05) is 24.8 Å². The summed E-state index contributed by atoms with van der Waals surface area (Å²) < 4.78 is 46.4. The van der Waals surface area contributed by atoms with E-state index in [9.17, 15) is 4.79 Å². The standard InChI is InChI=1S/C39H46F3N3OS2/c1-6-32-39(5,26-10-7-9-25(20-26)19-24(2)22-46)16-8-15-38(3,4)23-47-18-14-29-28-13-17-44-35(28)33(41)34(42)36(29)48-27-11-12-31(40)30(21-27)37(43)45-32/h7,9-13,17,20-22,24,32,44H,6,8,14-16,18-19,23H2,1-5H3,(H2,43,45)/t24?,32?,39-/m1/s1. The van der Waals surface area contributed by atoms with Crippen LogP contribution in [0.4, 0.5) is 13.2 Å². The Balaban J connectivity index is 1.62. The van der Waals surface area contributed by atoms with E-state index in [0.717, 1.165) is 65.5 Å². The first kappa shape index (κ1) is 36.1. The highest BCUT2D eigenvalue weighted by molar-refractivity contribution is 7.99. The molecule has 4 aromatic rings. The number of carbonyl (C=O) groups is 1. The summed E-state index contributed by atoms with van der Waals surface area (Å²) in [4.78, 5) is 20.1. The zero-order chi connectivity index (χ0) is 34.6. The minimum Gasteiger partial charge on any atom is -0.383 e. The van der Waals surface area contributed by atoms with E-state index in [-0.39, 0.29) is 39.2 Å². The van der Waals surface area contributed by atoms with Crippen LogP contribution >= 0.6 is 23.5 Å². The van der Waals surface area contributed by atoms with Gasteiger partial charge in [0.1, 0.15) is 17.9 Å². The van der Waals surface area contributed by atoms with Crippen LogP contribution in [0.25, 0.3) is 10.9 Å². The number of rotatable bonds is 5. The Hall–Kier alpha value is -3.17. The molecule has 0 radical (unpaired) electrons. The second-order valence-corrected chi connectivity index (χ2v) is 16.3. The third-order valence-corrected chi connectivity index (χ3v) is 12.3. The number of thioether (sulfide) groups is 1. The molecule has 3 atom stereocenters. The molecular weight excluding hydrogens is 648 g/mol. The number of nitrogens with two attached hydrogens (primary N) is 1. The fourth-order valence-electron chi connectivity index (χ4n) is 6.93. The molecule has 1 aromatic heterocycles. The summed E-state index contributed by atoms with van der Waals surface area (Å²) in [5.41, 5.74) is 9.51. The third kappa shape index (κ3) is 7.83. The summed E-state index contributed by atoms with van der Waals surface area (Å²) >= 11 is 2.92. The molecule has 0 spiro atoms. The van der Waals surface area contributed by atoms with E-state index in [0.29, 0.717) is 29.5 Å². The van der Waals surface area contributed by atoms with Gasteiger partial charge in [-0.15, -0.1) is 0 Å². The summed E-state index contributed by atoms with van der Waals surface area (Å²) in [5, 5.41) is 0.656. The van der Waals surface area contributed by atoms with Crippen LogP contribution in [-0.4, -0.2) is 34.7 Å². The molecule has 9 heteroatoms. The van der Waals surface area contributed by atoms with Crippen LogP contribution in [0.1, 0.15) is 82.6 Å². The molecule has 1 aliphatic heterocycles. The highest BCUT2D eigenvalue weighted by Crippen LogP contribution is 2.42. The summed E-state index contributed by atoms with van der Waals surface area (Å²) in [6, 6.07) is 14.4. The van der Waals surface area contributed by atoms with Gasteiger partial charge in [-0.05, 0) is 90.0 Å². The minimum absolute atomic E-state index is 0.0395. The molecule has 0 saturated heterocycles. The number of aldehydes is 1. The van der Waals surface area contributed by atoms with E-state index >= 15 is 13.2 Å². The number of hydrogen-bond donors (Lipinski definition) is 2. The van der Waals surface area contributed by atoms with E-state index in [1.54, 1.807) is 24.4 Å². The zero-order valence-electron chi connectivity index (χ0n) is 28.5. The maximum absolute atomic E-state index is 15.7. The van der Waals surface area contributed by atoms with Crippen molar-refractivity contribution in [2.45, 2.75) is 94.4 Å². The van der Waals surface area contributed by atoms with Crippen molar-refractivity contribution in [3.63, 3.8) is 0 Å². The van der Waals surface area contributed by atoms with Crippen molar-refractivity contribution in [1.82, 2.24) is 4.98 Å². The molecule has 0 amide bonds. The lowest BCUT2D eigenvalue weighted by Gasteiger charge is -2.37. The van der Waals surface area contributed by atoms with Gasteiger partial charge in [-0.25, -0.2) is 13.2 Å². The summed E-state index contributed by atoms with van der Waals surface area (Å²) in [6.45, 7) is 10.8. The summed E-state index contributed by atoms with van der Waals surface area (Å²) in [6.07, 6.45) is 7.28. The fraction of sp³-hybridized carbons (Fsp3) is 0.436. The van der Waals surface area contributed by atoms with Crippen LogP contribution in [0.3, 0.4) is 0 Å². The molecular formula is C39H46F3N3OS2. The number of nitrogens with one attached hydrogen (secondary N) is 1. The molecule has 256 valence electrons. The average molecular weight is 694 g/mol. The maximum Gasteiger partial charge on any atom is 0.184 e. The van der Waals surface area contributed by atoms with Crippen molar-refractivity contribution in [2.24, 2.45) is 22.1 Å². The van der Waals surface area contributed by atoms with E-state index in [2.05, 4.69) is 50.9 Å². The zero-order valence-corrected chi connectivity index (χ0v) is 30.1. The van der Waals surface area contributed by atoms with Gasteiger partial charge in [0, 0.05) is 27.8 Å². The van der Waals surface area contributed by atoms with Crippen molar-refractivity contribution < 1.29 is 18.0 Å². The topological polar surface area (TPSA) is 71.2 Å². The number of carbonyl (C=O) groups excluding carboxylic acids is 1. The van der Waals surface area contributed by atoms with Crippen LogP contribution in [-0.2, 0) is 23.1 Å². The minimum atomic E-state index is -0.921. The number of aromatic nitrogens is 1. The second-order valence-electron chi connectivity index (χ2n) is 14.1. The second kappa shape index (κ2) is 15.2. The lowest BCUT2D eigenvalue weighted by molar-refractivity contribution is -0.110. The van der Waals surface area contributed by atoms with Gasteiger partial charge in [-0.2, -0.15) is 11.8 Å². The van der Waals surface area contributed by atoms with Gasteiger partial charge < -0.3 is 15.5 Å². The van der Waals surface area contributed by atoms with Gasteiger partial charge in [0.05, 0.1) is 22.0 Å². The Kier molecular flexibility index (Phi) is 11.4. The molecule has 48 heavy (non-hydrogen) atoms. The third-order valence-electron chi connectivity index (χ3n) is 9.72. The van der Waals surface area contributed by atoms with Crippen LogP contribution < -0.4 is 5.73 Å². The number of halogens is 3. The number of benzene rings is 3. The lowest BCUT2D eigenvalue weighted by atomic mass is 9.70. The number of H-pyrrole nitrogens is 1. The van der Waals surface area contributed by atoms with Crippen molar-refractivity contribution >= 4 is 46.5 Å². The molecule has 2 unspecified atom stereocenters. The van der Waals surface area contributed by atoms with Crippen LogP contribution in [0.15, 0.2) is 69.5 Å². The van der Waals surface area contributed by atoms with Crippen molar-refractivity contribution in [1.29, 1.82) is 0 Å². The van der Waals surface area contributed by atoms with Crippen molar-refractivity contribution in [2.75, 3.05) is 11.5 Å². The van der Waals surface area contributed by atoms with E-state index in [4.69, 9.17) is 10.7 Å². The van der Waals surface area contributed by atoms with E-state index < -0.39 is 22.9 Å². The highest BCUT2D eigenvalue weighted by atomic mass is 32.2. The SMILES string of the molecule is CCC1N=C(N)c2cc(ccc2F)Sc2c(F)c(F)c3[nH]ccc3c2CCSCC(C)(C)CCC[C@]1(C)c1cccc(CC(C)C=O)c1. The summed E-state index contributed by atoms with van der Waals surface area (Å²) in [5.74, 6) is -0.704. The first-order valence-electron chi connectivity index (χ1n) is 16.8. The molecule has 0 fully saturated rings. The quantitative estimate of drug-likeness (QED) is 0.204. The Morgan fingerprint density at radius 3 is 2.62 bits per heavy atom. The first-order chi connectivity index (χ1) is 22.9. The largest absolute Gasteiger partial charge is 0.383 e. The van der Waals surface area contributed by atoms with E-state index in [1.165, 1.54) is 6.07 Å². The predicted octanol–water partition coefficient (Wildman–Crippen LogP) is 10.0. The van der Waals surface area contributed by atoms with Crippen molar-refractivity contribution in [3.8, 4) is 0 Å². The smallest absolute Gasteiger partial charge is 0.184 e. The molecule has 0 aliphatic carbocycles. The Morgan fingerprint density at radius 1 is 1.08 bits per heavy atom. The van der Waals surface area contributed by atoms with Gasteiger partial charge in [0.25, 0.3) is 0 Å². The van der Waals surface area contributed by atoms with Gasteiger partial charge in [-0.1, -0.05) is 77.1 Å². The Bertz CT molecular complexity index is 1800. The fourth-order valence-corrected chi connectivity index (χ4v) is 9.18. The number of aliphatic imine (C=N–C) groups is 1. The van der Waals surface area contributed by atoms with Crippen molar-refractivity contribution in [3.05, 3.63) is 94.4 Å². The normalized spacial score (nSPS) is 21.5. The number of aromatic amines is 1. The maximum atomic E-state index is 15.7. The number of fused-ring (bicyclic) bond motifs is 5. The Labute approximate surface area is 291 Å². The highest BCUT2D eigenvalue weighted by Gasteiger charge is 2.36. The molecule has 2 heterocycles. The number of hydrogen-bond acceptors (Lipinski definition) is 5. The molecule has 3 aromatic carbocycles. The number of aryl methyl sites for hydroxylation is 1. The van der Waals surface area contributed by atoms with Crippen LogP contribution in [0.2, 0.25) is 0 Å². The predicted molar refractivity (Wildman–Crippen MR) is 195 cm³/mol. The summed E-state index contributed by atoms with van der Waals surface area (Å²) in [7, 11) is 0. The Morgan fingerprint density at radius 2 is 1.88 bits per heavy atom. The lowest BCUT2D eigenvalue weighted by Crippen LogP contribution is -2.37. The van der Waals surface area contributed by atoms with Crippen LogP contribution in [0, 0.1) is 28.8 Å². The first-order valence-corrected chi connectivity index (χ1v) is 18.7. The van der Waals surface area contributed by atoms with Gasteiger partial charge >= 0.3 is 0 Å². The molecule has 5 rings (SSSR count). The molecule has 4 nitrogen and oxygen atoms in total. The van der Waals surface area contributed by atoms with Gasteiger partial charge in [-0.3, -0.25) is 4.99 Å². The molecule has 2 bridgehead atoms. The number of nitrogens with zero attached hydrogens (tertiary/aromatic N) is 1. The molecule has 3 N–H and O–H groups in total.